The maximum absolute atomic E-state index is 6.24. The first-order chi connectivity index (χ1) is 5.96. The maximum atomic E-state index is 6.24. The first-order valence-corrected chi connectivity index (χ1v) is 4.66. The zero-order valence-corrected chi connectivity index (χ0v) is 8.83. The quantitative estimate of drug-likeness (QED) is 0.754. The molecule has 2 nitrogen and oxygen atoms in total. The second-order valence-electron chi connectivity index (χ2n) is 4.13. The molecule has 0 saturated heterocycles. The lowest BCUT2D eigenvalue weighted by Gasteiger charge is -2.30. The van der Waals surface area contributed by atoms with Gasteiger partial charge < -0.3 is 5.73 Å². The fourth-order valence-corrected chi connectivity index (χ4v) is 1.34. The summed E-state index contributed by atoms with van der Waals surface area (Å²) in [6, 6.07) is 2.00. The number of nitrogens with two attached hydrogens (primary N) is 1. The second-order valence-corrected chi connectivity index (χ2v) is 4.13. The summed E-state index contributed by atoms with van der Waals surface area (Å²) in [5.41, 5.74) is 8.32. The maximum Gasteiger partial charge on any atom is 0.0422 e. The van der Waals surface area contributed by atoms with E-state index in [9.17, 15) is 0 Å². The molecule has 1 rings (SSSR count). The Balaban J connectivity index is 3.14. The van der Waals surface area contributed by atoms with Crippen molar-refractivity contribution in [2.24, 2.45) is 11.7 Å². The molecule has 0 aliphatic carbocycles. The summed E-state index contributed by atoms with van der Waals surface area (Å²) in [7, 11) is 0. The van der Waals surface area contributed by atoms with Gasteiger partial charge in [-0.2, -0.15) is 0 Å². The van der Waals surface area contributed by atoms with Gasteiger partial charge in [-0.15, -0.1) is 0 Å². The van der Waals surface area contributed by atoms with Crippen LogP contribution in [-0.4, -0.2) is 4.98 Å². The molecule has 0 bridgehead atoms. The monoisotopic (exact) mass is 178 g/mol. The van der Waals surface area contributed by atoms with E-state index in [1.807, 2.05) is 12.3 Å². The topological polar surface area (TPSA) is 38.9 Å². The van der Waals surface area contributed by atoms with Crippen LogP contribution in [0.4, 0.5) is 0 Å². The van der Waals surface area contributed by atoms with Gasteiger partial charge in [0.15, 0.2) is 0 Å². The van der Waals surface area contributed by atoms with E-state index in [-0.39, 0.29) is 5.54 Å². The lowest BCUT2D eigenvalue weighted by Crippen LogP contribution is -2.39. The Labute approximate surface area is 80.2 Å². The molecule has 1 aromatic heterocycles. The lowest BCUT2D eigenvalue weighted by atomic mass is 9.81. The average molecular weight is 178 g/mol. The van der Waals surface area contributed by atoms with Crippen LogP contribution in [0.5, 0.6) is 0 Å². The van der Waals surface area contributed by atoms with E-state index in [1.54, 1.807) is 6.20 Å². The third-order valence-electron chi connectivity index (χ3n) is 2.82. The molecule has 1 atom stereocenters. The predicted octanol–water partition coefficient (Wildman–Crippen LogP) is 2.22. The molecule has 0 fully saturated rings. The number of rotatable bonds is 2. The van der Waals surface area contributed by atoms with Crippen molar-refractivity contribution in [1.82, 2.24) is 4.98 Å². The highest BCUT2D eigenvalue weighted by Gasteiger charge is 2.26. The number of aryl methyl sites for hydroxylation is 1. The second kappa shape index (κ2) is 3.46. The highest BCUT2D eigenvalue weighted by molar-refractivity contribution is 5.29. The van der Waals surface area contributed by atoms with Crippen molar-refractivity contribution in [3.8, 4) is 0 Å². The van der Waals surface area contributed by atoms with E-state index in [0.717, 1.165) is 5.56 Å². The molecule has 0 saturated carbocycles. The Kier molecular flexibility index (Phi) is 2.71. The Morgan fingerprint density at radius 2 is 2.08 bits per heavy atom. The van der Waals surface area contributed by atoms with E-state index in [0.29, 0.717) is 5.92 Å². The molecule has 1 heterocycles. The van der Waals surface area contributed by atoms with Gasteiger partial charge >= 0.3 is 0 Å². The molecule has 2 heteroatoms. The van der Waals surface area contributed by atoms with Crippen molar-refractivity contribution in [3.05, 3.63) is 29.6 Å². The summed E-state index contributed by atoms with van der Waals surface area (Å²) in [6.45, 7) is 8.39. The van der Waals surface area contributed by atoms with Crippen LogP contribution in [-0.2, 0) is 5.54 Å². The average Bonchev–Trinajstić information content (AvgIpc) is 2.04. The van der Waals surface area contributed by atoms with Crippen LogP contribution in [0.2, 0.25) is 0 Å². The molecule has 13 heavy (non-hydrogen) atoms. The molecule has 0 spiro atoms. The van der Waals surface area contributed by atoms with Crippen LogP contribution in [0.3, 0.4) is 0 Å². The molecule has 0 amide bonds. The van der Waals surface area contributed by atoms with Gasteiger partial charge in [-0.3, -0.25) is 4.98 Å². The molecule has 1 aromatic rings. The van der Waals surface area contributed by atoms with Crippen molar-refractivity contribution in [2.45, 2.75) is 33.2 Å². The third kappa shape index (κ3) is 1.89. The Hall–Kier alpha value is -0.890. The van der Waals surface area contributed by atoms with E-state index in [2.05, 4.69) is 32.7 Å². The summed E-state index contributed by atoms with van der Waals surface area (Å²) in [4.78, 5) is 4.11. The van der Waals surface area contributed by atoms with Gasteiger partial charge in [0, 0.05) is 17.9 Å². The molecule has 0 aromatic carbocycles. The van der Waals surface area contributed by atoms with Crippen LogP contribution >= 0.6 is 0 Å². The summed E-state index contributed by atoms with van der Waals surface area (Å²) < 4.78 is 0. The first-order valence-electron chi connectivity index (χ1n) is 4.66. The van der Waals surface area contributed by atoms with Gasteiger partial charge in [0.25, 0.3) is 0 Å². The lowest BCUT2D eigenvalue weighted by molar-refractivity contribution is 0.348. The molecular formula is C11H18N2. The summed E-state index contributed by atoms with van der Waals surface area (Å²) in [6.07, 6.45) is 3.67. The normalized spacial score (nSPS) is 15.8. The highest BCUT2D eigenvalue weighted by atomic mass is 14.8. The van der Waals surface area contributed by atoms with Crippen LogP contribution in [0.25, 0.3) is 0 Å². The van der Waals surface area contributed by atoms with E-state index in [1.165, 1.54) is 5.56 Å². The minimum Gasteiger partial charge on any atom is -0.321 e. The van der Waals surface area contributed by atoms with Crippen LogP contribution in [0, 0.1) is 12.8 Å². The molecular weight excluding hydrogens is 160 g/mol. The first kappa shape index (κ1) is 10.2. The SMILES string of the molecule is Cc1ccncc1C(C)(N)C(C)C. The van der Waals surface area contributed by atoms with Gasteiger partial charge in [-0.25, -0.2) is 0 Å². The molecule has 1 unspecified atom stereocenters. The minimum atomic E-state index is -0.279. The number of hydrogen-bond acceptors (Lipinski definition) is 2. The fourth-order valence-electron chi connectivity index (χ4n) is 1.34. The van der Waals surface area contributed by atoms with E-state index < -0.39 is 0 Å². The van der Waals surface area contributed by atoms with Crippen molar-refractivity contribution in [3.63, 3.8) is 0 Å². The Morgan fingerprint density at radius 1 is 1.46 bits per heavy atom. The van der Waals surface area contributed by atoms with Crippen LogP contribution < -0.4 is 5.73 Å². The van der Waals surface area contributed by atoms with Gasteiger partial charge in [0.2, 0.25) is 0 Å². The number of pyridine rings is 1. The van der Waals surface area contributed by atoms with Crippen molar-refractivity contribution in [1.29, 1.82) is 0 Å². The highest BCUT2D eigenvalue weighted by Crippen LogP contribution is 2.27. The van der Waals surface area contributed by atoms with Gasteiger partial charge in [-0.1, -0.05) is 13.8 Å². The molecule has 0 aliphatic rings. The van der Waals surface area contributed by atoms with Crippen LogP contribution in [0.1, 0.15) is 31.9 Å². The standard InChI is InChI=1S/C11H18N2/c1-8(2)11(4,12)10-7-13-6-5-9(10)3/h5-8H,12H2,1-4H3. The largest absolute Gasteiger partial charge is 0.321 e. The van der Waals surface area contributed by atoms with E-state index >= 15 is 0 Å². The minimum absolute atomic E-state index is 0.279. The third-order valence-corrected chi connectivity index (χ3v) is 2.82. The number of hydrogen-bond donors (Lipinski definition) is 1. The molecule has 2 N–H and O–H groups in total. The number of aromatic nitrogens is 1. The number of nitrogens with zero attached hydrogens (tertiary/aromatic N) is 1. The zero-order chi connectivity index (χ0) is 10.1. The van der Waals surface area contributed by atoms with Crippen molar-refractivity contribution in [2.75, 3.05) is 0 Å². The van der Waals surface area contributed by atoms with Gasteiger partial charge in [-0.05, 0) is 37.0 Å². The Bertz CT molecular complexity index is 290. The summed E-state index contributed by atoms with van der Waals surface area (Å²) in [5.74, 6) is 0.412. The summed E-state index contributed by atoms with van der Waals surface area (Å²) >= 11 is 0. The molecule has 0 aliphatic heterocycles. The molecule has 72 valence electrons. The summed E-state index contributed by atoms with van der Waals surface area (Å²) in [5, 5.41) is 0. The zero-order valence-electron chi connectivity index (χ0n) is 8.83. The Morgan fingerprint density at radius 3 is 2.54 bits per heavy atom. The predicted molar refractivity (Wildman–Crippen MR) is 55.4 cm³/mol. The van der Waals surface area contributed by atoms with Crippen molar-refractivity contribution >= 4 is 0 Å². The smallest absolute Gasteiger partial charge is 0.0422 e. The van der Waals surface area contributed by atoms with Crippen LogP contribution in [0.15, 0.2) is 18.5 Å². The fraction of sp³-hybridized carbons (Fsp3) is 0.545. The van der Waals surface area contributed by atoms with Gasteiger partial charge in [0.1, 0.15) is 0 Å². The van der Waals surface area contributed by atoms with Crippen molar-refractivity contribution < 1.29 is 0 Å². The van der Waals surface area contributed by atoms with E-state index in [4.69, 9.17) is 5.73 Å². The molecule has 0 radical (unpaired) electrons. The van der Waals surface area contributed by atoms with Gasteiger partial charge in [0.05, 0.1) is 0 Å².